The van der Waals surface area contributed by atoms with E-state index in [0.29, 0.717) is 5.75 Å². The molecule has 0 aliphatic carbocycles. The molecule has 0 saturated heterocycles. The van der Waals surface area contributed by atoms with Crippen LogP contribution in [0, 0.1) is 6.92 Å². The van der Waals surface area contributed by atoms with Crippen molar-refractivity contribution < 1.29 is 12.6 Å². The molecule has 1 N–H and O–H groups in total. The normalized spacial score (nSPS) is 13.9. The molecule has 0 fully saturated rings. The number of anilines is 1. The highest BCUT2D eigenvalue weighted by Crippen LogP contribution is 2.22. The second-order valence-corrected chi connectivity index (χ2v) is 10.5. The van der Waals surface area contributed by atoms with Gasteiger partial charge in [0.05, 0.1) is 4.90 Å². The zero-order valence-electron chi connectivity index (χ0n) is 14.1. The average Bonchev–Trinajstić information content (AvgIpc) is 2.37. The van der Waals surface area contributed by atoms with Gasteiger partial charge in [0.1, 0.15) is 0 Å². The first-order valence-electron chi connectivity index (χ1n) is 7.11. The summed E-state index contributed by atoms with van der Waals surface area (Å²) in [5, 5.41) is 0. The van der Waals surface area contributed by atoms with Crippen molar-refractivity contribution in [3.63, 3.8) is 0 Å². The summed E-state index contributed by atoms with van der Waals surface area (Å²) in [5.41, 5.74) is 1.87. The number of rotatable bonds is 6. The van der Waals surface area contributed by atoms with E-state index in [2.05, 4.69) is 4.72 Å². The van der Waals surface area contributed by atoms with Crippen molar-refractivity contribution in [3.05, 3.63) is 23.8 Å². The van der Waals surface area contributed by atoms with E-state index in [1.54, 1.807) is 18.2 Å². The Morgan fingerprint density at radius 1 is 1.23 bits per heavy atom. The first-order valence-corrected chi connectivity index (χ1v) is 9.91. The van der Waals surface area contributed by atoms with Gasteiger partial charge in [0.2, 0.25) is 10.0 Å². The van der Waals surface area contributed by atoms with Gasteiger partial charge in [0.25, 0.3) is 0 Å². The molecule has 7 heteroatoms. The molecular formula is C15H26N2O3S2. The van der Waals surface area contributed by atoms with Crippen molar-refractivity contribution in [2.45, 2.75) is 37.3 Å². The quantitative estimate of drug-likeness (QED) is 0.854. The molecule has 0 heterocycles. The lowest BCUT2D eigenvalue weighted by Crippen LogP contribution is -2.32. The van der Waals surface area contributed by atoms with Crippen LogP contribution in [0.15, 0.2) is 23.1 Å². The van der Waals surface area contributed by atoms with Crippen molar-refractivity contribution in [3.8, 4) is 0 Å². The zero-order valence-corrected chi connectivity index (χ0v) is 15.8. The van der Waals surface area contributed by atoms with Crippen LogP contribution in [0.25, 0.3) is 0 Å². The summed E-state index contributed by atoms with van der Waals surface area (Å²) in [5.74, 6) is 0.301. The van der Waals surface area contributed by atoms with E-state index in [4.69, 9.17) is 0 Å². The standard InChI is InChI=1S/C15H26N2O3S2/c1-12-7-8-13(11-14(12)17(5)6)22(19,20)16-9-10-21(18)15(2,3)4/h7-8,11,16H,9-10H2,1-6H3/t21-/m1/s1. The third kappa shape index (κ3) is 5.07. The van der Waals surface area contributed by atoms with Crippen molar-refractivity contribution in [2.75, 3.05) is 31.3 Å². The van der Waals surface area contributed by atoms with Gasteiger partial charge >= 0.3 is 0 Å². The summed E-state index contributed by atoms with van der Waals surface area (Å²) in [4.78, 5) is 2.10. The molecule has 126 valence electrons. The molecular weight excluding hydrogens is 320 g/mol. The van der Waals surface area contributed by atoms with Gasteiger partial charge in [-0.15, -0.1) is 0 Å². The summed E-state index contributed by atoms with van der Waals surface area (Å²) in [6.07, 6.45) is 0. The van der Waals surface area contributed by atoms with E-state index >= 15 is 0 Å². The minimum absolute atomic E-state index is 0.164. The van der Waals surface area contributed by atoms with Crippen LogP contribution in [0.4, 0.5) is 5.69 Å². The van der Waals surface area contributed by atoms with E-state index in [1.807, 2.05) is 46.7 Å². The van der Waals surface area contributed by atoms with Crippen molar-refractivity contribution in [1.82, 2.24) is 4.72 Å². The van der Waals surface area contributed by atoms with Crippen molar-refractivity contribution in [1.29, 1.82) is 0 Å². The van der Waals surface area contributed by atoms with Gasteiger partial charge in [-0.2, -0.15) is 0 Å². The lowest BCUT2D eigenvalue weighted by atomic mass is 10.2. The molecule has 5 nitrogen and oxygen atoms in total. The molecule has 1 aromatic carbocycles. The van der Waals surface area contributed by atoms with Crippen LogP contribution in [0.1, 0.15) is 26.3 Å². The second-order valence-electron chi connectivity index (χ2n) is 6.40. The summed E-state index contributed by atoms with van der Waals surface area (Å²) >= 11 is 0. The monoisotopic (exact) mass is 346 g/mol. The Hall–Kier alpha value is -0.920. The van der Waals surface area contributed by atoms with Crippen LogP contribution in [0.5, 0.6) is 0 Å². The summed E-state index contributed by atoms with van der Waals surface area (Å²) in [7, 11) is -0.917. The predicted octanol–water partition coefficient (Wildman–Crippen LogP) is 1.89. The first kappa shape index (κ1) is 19.1. The van der Waals surface area contributed by atoms with Crippen LogP contribution >= 0.6 is 0 Å². The maximum Gasteiger partial charge on any atom is 0.240 e. The van der Waals surface area contributed by atoms with Gasteiger partial charge in [-0.3, -0.25) is 4.21 Å². The van der Waals surface area contributed by atoms with Crippen LogP contribution in [0.2, 0.25) is 0 Å². The Labute approximate surface area is 136 Å². The Kier molecular flexibility index (Phi) is 6.18. The van der Waals surface area contributed by atoms with E-state index in [9.17, 15) is 12.6 Å². The number of hydrogen-bond donors (Lipinski definition) is 1. The van der Waals surface area contributed by atoms with E-state index in [0.717, 1.165) is 11.3 Å². The smallest absolute Gasteiger partial charge is 0.240 e. The Bertz CT molecular complexity index is 647. The topological polar surface area (TPSA) is 66.5 Å². The largest absolute Gasteiger partial charge is 0.377 e. The second kappa shape index (κ2) is 7.10. The van der Waals surface area contributed by atoms with Crippen LogP contribution in [-0.2, 0) is 20.8 Å². The molecule has 0 spiro atoms. The molecule has 0 bridgehead atoms. The molecule has 1 atom stereocenters. The number of benzene rings is 1. The van der Waals surface area contributed by atoms with Gasteiger partial charge in [-0.1, -0.05) is 6.07 Å². The third-order valence-electron chi connectivity index (χ3n) is 3.24. The Morgan fingerprint density at radius 2 is 1.82 bits per heavy atom. The highest BCUT2D eigenvalue weighted by Gasteiger charge is 2.21. The number of nitrogens with zero attached hydrogens (tertiary/aromatic N) is 1. The van der Waals surface area contributed by atoms with Gasteiger partial charge in [-0.05, 0) is 45.4 Å². The number of aryl methyl sites for hydroxylation is 1. The van der Waals surface area contributed by atoms with E-state index in [1.165, 1.54) is 0 Å². The zero-order chi connectivity index (χ0) is 17.1. The Morgan fingerprint density at radius 3 is 2.32 bits per heavy atom. The van der Waals surface area contributed by atoms with Crippen LogP contribution in [0.3, 0.4) is 0 Å². The molecule has 0 aliphatic rings. The predicted molar refractivity (Wildman–Crippen MR) is 93.5 cm³/mol. The molecule has 0 saturated carbocycles. The fourth-order valence-corrected chi connectivity index (χ4v) is 3.98. The fourth-order valence-electron chi connectivity index (χ4n) is 1.90. The van der Waals surface area contributed by atoms with Crippen molar-refractivity contribution >= 4 is 26.5 Å². The number of hydrogen-bond acceptors (Lipinski definition) is 4. The molecule has 0 radical (unpaired) electrons. The van der Waals surface area contributed by atoms with Crippen LogP contribution < -0.4 is 9.62 Å². The minimum Gasteiger partial charge on any atom is -0.377 e. The van der Waals surface area contributed by atoms with Gasteiger partial charge < -0.3 is 4.90 Å². The molecule has 0 aliphatic heterocycles. The van der Waals surface area contributed by atoms with E-state index < -0.39 is 20.8 Å². The fraction of sp³-hybridized carbons (Fsp3) is 0.600. The lowest BCUT2D eigenvalue weighted by molar-refractivity contribution is 0.583. The lowest BCUT2D eigenvalue weighted by Gasteiger charge is -2.18. The van der Waals surface area contributed by atoms with Crippen LogP contribution in [-0.4, -0.2) is 43.8 Å². The molecule has 22 heavy (non-hydrogen) atoms. The molecule has 0 amide bonds. The Balaban J connectivity index is 2.84. The van der Waals surface area contributed by atoms with Gasteiger partial charge in [-0.25, -0.2) is 13.1 Å². The van der Waals surface area contributed by atoms with Gasteiger partial charge in [0.15, 0.2) is 0 Å². The average molecular weight is 347 g/mol. The third-order valence-corrected chi connectivity index (χ3v) is 6.63. The first-order chi connectivity index (χ1) is 9.95. The highest BCUT2D eigenvalue weighted by molar-refractivity contribution is 7.89. The maximum absolute atomic E-state index is 12.3. The number of nitrogens with one attached hydrogen (secondary N) is 1. The highest BCUT2D eigenvalue weighted by atomic mass is 32.2. The summed E-state index contributed by atoms with van der Waals surface area (Å²) < 4.78 is 38.8. The molecule has 0 unspecified atom stereocenters. The van der Waals surface area contributed by atoms with Crippen molar-refractivity contribution in [2.24, 2.45) is 0 Å². The SMILES string of the molecule is Cc1ccc(S(=O)(=O)NCC[S@@](=O)C(C)(C)C)cc1N(C)C. The summed E-state index contributed by atoms with van der Waals surface area (Å²) in [6, 6.07) is 5.03. The molecule has 1 rings (SSSR count). The van der Waals surface area contributed by atoms with Gasteiger partial charge in [0, 0.05) is 47.6 Å². The molecule has 0 aromatic heterocycles. The maximum atomic E-state index is 12.3. The number of sulfonamides is 1. The summed E-state index contributed by atoms with van der Waals surface area (Å²) in [6.45, 7) is 7.73. The minimum atomic E-state index is -3.59. The molecule has 1 aromatic rings. The van der Waals surface area contributed by atoms with E-state index in [-0.39, 0.29) is 16.2 Å².